The SMILES string of the molecule is C=CCOC(=O)[C@H](Cc1ccc2ccccc2c1)NC(=O)OC(C)(C)C. The third kappa shape index (κ3) is 5.92. The standard InChI is InChI=1S/C21H25NO4/c1-5-12-25-19(23)18(22-20(24)26-21(2,3)4)14-15-10-11-16-8-6-7-9-17(16)13-15/h5-11,13,18H,1,12,14H2,2-4H3,(H,22,24)/t18-/m0/s1. The van der Waals surface area contributed by atoms with E-state index in [9.17, 15) is 9.59 Å². The summed E-state index contributed by atoms with van der Waals surface area (Å²) >= 11 is 0. The summed E-state index contributed by atoms with van der Waals surface area (Å²) in [5.74, 6) is -0.524. The average Bonchev–Trinajstić information content (AvgIpc) is 2.57. The second-order valence-electron chi connectivity index (χ2n) is 7.00. The minimum Gasteiger partial charge on any atom is -0.460 e. The van der Waals surface area contributed by atoms with Gasteiger partial charge in [-0.3, -0.25) is 0 Å². The van der Waals surface area contributed by atoms with Gasteiger partial charge < -0.3 is 14.8 Å². The molecule has 0 fully saturated rings. The maximum atomic E-state index is 12.3. The second-order valence-corrected chi connectivity index (χ2v) is 7.00. The van der Waals surface area contributed by atoms with Crippen LogP contribution in [0.25, 0.3) is 10.8 Å². The number of alkyl carbamates (subject to hydrolysis) is 1. The monoisotopic (exact) mass is 355 g/mol. The van der Waals surface area contributed by atoms with Crippen LogP contribution >= 0.6 is 0 Å². The van der Waals surface area contributed by atoms with Crippen LogP contribution in [0, 0.1) is 0 Å². The molecule has 5 nitrogen and oxygen atoms in total. The van der Waals surface area contributed by atoms with Crippen LogP contribution in [-0.4, -0.2) is 30.3 Å². The molecule has 2 rings (SSSR count). The number of amides is 1. The second kappa shape index (κ2) is 8.52. The normalized spacial score (nSPS) is 12.3. The van der Waals surface area contributed by atoms with E-state index in [0.717, 1.165) is 16.3 Å². The Bertz CT molecular complexity index is 792. The highest BCUT2D eigenvalue weighted by atomic mass is 16.6. The van der Waals surface area contributed by atoms with Crippen molar-refractivity contribution in [3.05, 3.63) is 60.7 Å². The maximum absolute atomic E-state index is 12.3. The van der Waals surface area contributed by atoms with Crippen LogP contribution in [0.3, 0.4) is 0 Å². The number of carbonyl (C=O) groups is 2. The Labute approximate surface area is 154 Å². The fourth-order valence-corrected chi connectivity index (χ4v) is 2.49. The predicted octanol–water partition coefficient (Wildman–Crippen LogP) is 4.00. The van der Waals surface area contributed by atoms with Gasteiger partial charge in [0.1, 0.15) is 18.2 Å². The molecular weight excluding hydrogens is 330 g/mol. The number of nitrogens with one attached hydrogen (secondary N) is 1. The van der Waals surface area contributed by atoms with Gasteiger partial charge in [0.2, 0.25) is 0 Å². The largest absolute Gasteiger partial charge is 0.460 e. The van der Waals surface area contributed by atoms with Crippen LogP contribution in [0.15, 0.2) is 55.1 Å². The number of rotatable bonds is 6. The van der Waals surface area contributed by atoms with Gasteiger partial charge in [-0.1, -0.05) is 55.1 Å². The molecule has 0 aliphatic heterocycles. The number of esters is 1. The average molecular weight is 355 g/mol. The molecule has 2 aromatic carbocycles. The zero-order chi connectivity index (χ0) is 19.2. The van der Waals surface area contributed by atoms with E-state index in [1.807, 2.05) is 42.5 Å². The topological polar surface area (TPSA) is 64.6 Å². The fraction of sp³-hybridized carbons (Fsp3) is 0.333. The molecule has 26 heavy (non-hydrogen) atoms. The van der Waals surface area contributed by atoms with Crippen molar-refractivity contribution >= 4 is 22.8 Å². The molecule has 5 heteroatoms. The van der Waals surface area contributed by atoms with Crippen LogP contribution in [0.5, 0.6) is 0 Å². The van der Waals surface area contributed by atoms with Crippen molar-refractivity contribution in [3.63, 3.8) is 0 Å². The Morgan fingerprint density at radius 2 is 1.85 bits per heavy atom. The van der Waals surface area contributed by atoms with Crippen molar-refractivity contribution in [3.8, 4) is 0 Å². The van der Waals surface area contributed by atoms with Crippen molar-refractivity contribution in [2.75, 3.05) is 6.61 Å². The van der Waals surface area contributed by atoms with Crippen molar-refractivity contribution in [1.82, 2.24) is 5.32 Å². The number of benzene rings is 2. The van der Waals surface area contributed by atoms with Crippen molar-refractivity contribution in [2.24, 2.45) is 0 Å². The summed E-state index contributed by atoms with van der Waals surface area (Å²) in [6.07, 6.45) is 1.14. The highest BCUT2D eigenvalue weighted by molar-refractivity contribution is 5.84. The number of hydrogen-bond acceptors (Lipinski definition) is 4. The van der Waals surface area contributed by atoms with Gasteiger partial charge >= 0.3 is 12.1 Å². The summed E-state index contributed by atoms with van der Waals surface area (Å²) in [5, 5.41) is 4.79. The molecule has 1 N–H and O–H groups in total. The van der Waals surface area contributed by atoms with E-state index in [1.54, 1.807) is 20.8 Å². The first-order chi connectivity index (χ1) is 12.3. The van der Waals surface area contributed by atoms with E-state index >= 15 is 0 Å². The molecular formula is C21H25NO4. The molecule has 0 saturated heterocycles. The lowest BCUT2D eigenvalue weighted by molar-refractivity contribution is -0.144. The van der Waals surface area contributed by atoms with Gasteiger partial charge in [-0.05, 0) is 37.1 Å². The van der Waals surface area contributed by atoms with E-state index in [4.69, 9.17) is 9.47 Å². The van der Waals surface area contributed by atoms with Crippen molar-refractivity contribution in [1.29, 1.82) is 0 Å². The highest BCUT2D eigenvalue weighted by Gasteiger charge is 2.25. The minimum absolute atomic E-state index is 0.0864. The molecule has 0 aromatic heterocycles. The predicted molar refractivity (Wildman–Crippen MR) is 102 cm³/mol. The van der Waals surface area contributed by atoms with E-state index in [-0.39, 0.29) is 6.61 Å². The molecule has 0 radical (unpaired) electrons. The fourth-order valence-electron chi connectivity index (χ4n) is 2.49. The lowest BCUT2D eigenvalue weighted by atomic mass is 10.0. The van der Waals surface area contributed by atoms with E-state index < -0.39 is 23.7 Å². The molecule has 0 saturated carbocycles. The Balaban J connectivity index is 2.17. The van der Waals surface area contributed by atoms with Gasteiger partial charge in [0, 0.05) is 6.42 Å². The number of ether oxygens (including phenoxy) is 2. The summed E-state index contributed by atoms with van der Waals surface area (Å²) in [5.41, 5.74) is 0.267. The number of carbonyl (C=O) groups excluding carboxylic acids is 2. The van der Waals surface area contributed by atoms with E-state index in [0.29, 0.717) is 6.42 Å². The summed E-state index contributed by atoms with van der Waals surface area (Å²) in [6.45, 7) is 8.91. The van der Waals surface area contributed by atoms with E-state index in [2.05, 4.69) is 11.9 Å². The van der Waals surface area contributed by atoms with Gasteiger partial charge in [-0.15, -0.1) is 0 Å². The first kappa shape index (κ1) is 19.5. The Morgan fingerprint density at radius 3 is 2.50 bits per heavy atom. The Kier molecular flexibility index (Phi) is 6.39. The van der Waals surface area contributed by atoms with Gasteiger partial charge in [0.05, 0.1) is 0 Å². The molecule has 0 heterocycles. The third-order valence-electron chi connectivity index (χ3n) is 3.57. The summed E-state index contributed by atoms with van der Waals surface area (Å²) < 4.78 is 10.4. The molecule has 2 aromatic rings. The molecule has 0 spiro atoms. The van der Waals surface area contributed by atoms with Gasteiger partial charge in [-0.2, -0.15) is 0 Å². The van der Waals surface area contributed by atoms with Gasteiger partial charge in [-0.25, -0.2) is 9.59 Å². The lowest BCUT2D eigenvalue weighted by Gasteiger charge is -2.23. The van der Waals surface area contributed by atoms with Crippen LogP contribution in [0.1, 0.15) is 26.3 Å². The maximum Gasteiger partial charge on any atom is 0.408 e. The third-order valence-corrected chi connectivity index (χ3v) is 3.57. The summed E-state index contributed by atoms with van der Waals surface area (Å²) in [4.78, 5) is 24.4. The minimum atomic E-state index is -0.842. The van der Waals surface area contributed by atoms with Crippen molar-refractivity contribution in [2.45, 2.75) is 38.8 Å². The number of fused-ring (bicyclic) bond motifs is 1. The first-order valence-corrected chi connectivity index (χ1v) is 8.53. The summed E-state index contributed by atoms with van der Waals surface area (Å²) in [7, 11) is 0. The van der Waals surface area contributed by atoms with Crippen LogP contribution in [0.4, 0.5) is 4.79 Å². The molecule has 0 aliphatic carbocycles. The molecule has 138 valence electrons. The molecule has 1 amide bonds. The Hall–Kier alpha value is -2.82. The lowest BCUT2D eigenvalue weighted by Crippen LogP contribution is -2.45. The first-order valence-electron chi connectivity index (χ1n) is 8.53. The Morgan fingerprint density at radius 1 is 1.15 bits per heavy atom. The van der Waals surface area contributed by atoms with Gasteiger partial charge in [0.25, 0.3) is 0 Å². The molecule has 0 unspecified atom stereocenters. The quantitative estimate of drug-likeness (QED) is 0.628. The highest BCUT2D eigenvalue weighted by Crippen LogP contribution is 2.17. The summed E-state index contributed by atoms with van der Waals surface area (Å²) in [6, 6.07) is 13.0. The van der Waals surface area contributed by atoms with Crippen LogP contribution in [-0.2, 0) is 20.7 Å². The molecule has 0 bridgehead atoms. The van der Waals surface area contributed by atoms with Crippen LogP contribution in [0.2, 0.25) is 0 Å². The number of hydrogen-bond donors (Lipinski definition) is 1. The van der Waals surface area contributed by atoms with Crippen LogP contribution < -0.4 is 5.32 Å². The zero-order valence-corrected chi connectivity index (χ0v) is 15.5. The molecule has 1 atom stereocenters. The zero-order valence-electron chi connectivity index (χ0n) is 15.5. The van der Waals surface area contributed by atoms with E-state index in [1.165, 1.54) is 6.08 Å². The molecule has 0 aliphatic rings. The van der Waals surface area contributed by atoms with Crippen molar-refractivity contribution < 1.29 is 19.1 Å². The smallest absolute Gasteiger partial charge is 0.408 e. The van der Waals surface area contributed by atoms with Gasteiger partial charge in [0.15, 0.2) is 0 Å².